The number of aliphatic imine (C=N–C) groups is 1. The summed E-state index contributed by atoms with van der Waals surface area (Å²) in [6.07, 6.45) is 8.34. The Morgan fingerprint density at radius 2 is 1.14 bits per heavy atom. The van der Waals surface area contributed by atoms with E-state index >= 15 is 0 Å². The maximum Gasteiger partial charge on any atom is 0.131 e. The fourth-order valence-corrected chi connectivity index (χ4v) is 7.12. The highest BCUT2D eigenvalue weighted by Crippen LogP contribution is 2.28. The minimum atomic E-state index is -0.677. The lowest BCUT2D eigenvalue weighted by molar-refractivity contribution is -0.0235. The summed E-state index contributed by atoms with van der Waals surface area (Å²) >= 11 is 3.39. The molecule has 0 radical (unpaired) electrons. The van der Waals surface area contributed by atoms with Crippen LogP contribution in [0.1, 0.15) is 48.2 Å². The van der Waals surface area contributed by atoms with E-state index in [0.29, 0.717) is 12.8 Å². The first-order valence-corrected chi connectivity index (χ1v) is 18.1. The summed E-state index contributed by atoms with van der Waals surface area (Å²) < 4.78 is 0.829. The standard InChI is InChI=1S/C22H26N4O.C18H21BrN2O/c27-22(11-14-26(15-12-22)17-18-6-2-1-3-7-18)16-19-8-4-9-21(24-19)25-20-10-5-13-23-20;19-17-8-4-7-16(20-17)13-18(22)9-11-21(12-10-18)14-15-5-2-1-3-6-15/h1-10,27H,11-17H2,(H,23,24,25);1-8,22H,9-14H2. The number of rotatable bonds is 9. The number of aromatic nitrogens is 2. The fraction of sp³-hybridized carbons (Fsp3) is 0.375. The van der Waals surface area contributed by atoms with E-state index < -0.39 is 11.2 Å². The van der Waals surface area contributed by atoms with E-state index in [9.17, 15) is 10.2 Å². The van der Waals surface area contributed by atoms with Gasteiger partial charge in [0.1, 0.15) is 16.3 Å². The number of amidine groups is 1. The second kappa shape index (κ2) is 16.8. The van der Waals surface area contributed by atoms with Crippen LogP contribution in [-0.4, -0.2) is 79.7 Å². The van der Waals surface area contributed by atoms with Crippen molar-refractivity contribution in [1.29, 1.82) is 0 Å². The quantitative estimate of drug-likeness (QED) is 0.171. The van der Waals surface area contributed by atoms with E-state index in [2.05, 4.69) is 94.5 Å². The SMILES string of the molecule is OC1(Cc2cccc(Br)n2)CCN(Cc2ccccc2)CC1.OC1(Cc2cccc(NC3=NCC=C3)n2)CCN(Cc2ccccc2)CC1. The number of aliphatic hydroxyl groups is 2. The smallest absolute Gasteiger partial charge is 0.131 e. The predicted octanol–water partition coefficient (Wildman–Crippen LogP) is 6.45. The van der Waals surface area contributed by atoms with E-state index in [1.807, 2.05) is 60.7 Å². The molecule has 3 N–H and O–H groups in total. The summed E-state index contributed by atoms with van der Waals surface area (Å²) in [4.78, 5) is 18.3. The zero-order valence-corrected chi connectivity index (χ0v) is 29.7. The van der Waals surface area contributed by atoms with Gasteiger partial charge in [0, 0.05) is 63.5 Å². The minimum absolute atomic E-state index is 0.587. The van der Waals surface area contributed by atoms with Gasteiger partial charge >= 0.3 is 0 Å². The number of nitrogens with one attached hydrogen (secondary N) is 1. The van der Waals surface area contributed by atoms with Crippen molar-refractivity contribution in [2.75, 3.05) is 38.0 Å². The summed E-state index contributed by atoms with van der Waals surface area (Å²) in [6, 6.07) is 32.8. The van der Waals surface area contributed by atoms with Crippen molar-refractivity contribution >= 4 is 27.6 Å². The van der Waals surface area contributed by atoms with E-state index in [0.717, 1.165) is 99.1 Å². The molecule has 2 aromatic heterocycles. The third-order valence-electron chi connectivity index (χ3n) is 9.57. The highest BCUT2D eigenvalue weighted by atomic mass is 79.9. The van der Waals surface area contributed by atoms with Crippen LogP contribution in [0.2, 0.25) is 0 Å². The van der Waals surface area contributed by atoms with Crippen LogP contribution in [0.5, 0.6) is 0 Å². The molecule has 0 amide bonds. The molecule has 8 nitrogen and oxygen atoms in total. The lowest BCUT2D eigenvalue weighted by atomic mass is 9.86. The van der Waals surface area contributed by atoms with Crippen LogP contribution in [0.15, 0.2) is 119 Å². The van der Waals surface area contributed by atoms with Crippen molar-refractivity contribution < 1.29 is 10.2 Å². The first-order valence-electron chi connectivity index (χ1n) is 17.3. The number of pyridine rings is 2. The fourth-order valence-electron chi connectivity index (χ4n) is 6.74. The van der Waals surface area contributed by atoms with Crippen molar-refractivity contribution in [2.24, 2.45) is 4.99 Å². The van der Waals surface area contributed by atoms with Gasteiger partial charge in [-0.2, -0.15) is 0 Å². The van der Waals surface area contributed by atoms with Crippen LogP contribution in [0.4, 0.5) is 5.82 Å². The van der Waals surface area contributed by atoms with E-state index in [1.54, 1.807) is 0 Å². The second-order valence-electron chi connectivity index (χ2n) is 13.5. The molecule has 3 aliphatic rings. The predicted molar refractivity (Wildman–Crippen MR) is 200 cm³/mol. The molecule has 49 heavy (non-hydrogen) atoms. The first kappa shape index (κ1) is 35.1. The third kappa shape index (κ3) is 10.9. The minimum Gasteiger partial charge on any atom is -0.389 e. The van der Waals surface area contributed by atoms with Gasteiger partial charge in [-0.05, 0) is 83.1 Å². The second-order valence-corrected chi connectivity index (χ2v) is 14.4. The molecule has 0 bridgehead atoms. The lowest BCUT2D eigenvalue weighted by Gasteiger charge is -2.38. The van der Waals surface area contributed by atoms with Gasteiger partial charge in [0.05, 0.1) is 17.7 Å². The topological polar surface area (TPSA) is 97.1 Å². The summed E-state index contributed by atoms with van der Waals surface area (Å²) in [5, 5.41) is 25.1. The highest BCUT2D eigenvalue weighted by Gasteiger charge is 2.34. The van der Waals surface area contributed by atoms with Crippen molar-refractivity contribution in [3.05, 3.63) is 136 Å². The summed E-state index contributed by atoms with van der Waals surface area (Å²) in [5.74, 6) is 1.62. The Morgan fingerprint density at radius 1 is 0.633 bits per heavy atom. The summed E-state index contributed by atoms with van der Waals surface area (Å²) in [6.45, 7) is 6.31. The number of hydrogen-bond donors (Lipinski definition) is 3. The molecule has 2 aromatic carbocycles. The summed E-state index contributed by atoms with van der Waals surface area (Å²) in [7, 11) is 0. The number of anilines is 1. The molecule has 0 atom stereocenters. The monoisotopic (exact) mass is 722 g/mol. The highest BCUT2D eigenvalue weighted by molar-refractivity contribution is 9.10. The van der Waals surface area contributed by atoms with Crippen molar-refractivity contribution in [2.45, 2.75) is 62.8 Å². The van der Waals surface area contributed by atoms with Crippen LogP contribution in [-0.2, 0) is 25.9 Å². The Balaban J connectivity index is 0.000000174. The van der Waals surface area contributed by atoms with Gasteiger partial charge in [0.15, 0.2) is 0 Å². The van der Waals surface area contributed by atoms with Gasteiger partial charge in [-0.3, -0.25) is 14.8 Å². The molecular formula is C40H47BrN6O2. The zero-order chi connectivity index (χ0) is 33.9. The molecule has 3 aliphatic heterocycles. The molecule has 5 heterocycles. The van der Waals surface area contributed by atoms with Crippen molar-refractivity contribution in [3.8, 4) is 0 Å². The number of halogens is 1. The molecule has 9 heteroatoms. The van der Waals surface area contributed by atoms with E-state index in [1.165, 1.54) is 11.1 Å². The summed E-state index contributed by atoms with van der Waals surface area (Å²) in [5.41, 5.74) is 3.23. The zero-order valence-electron chi connectivity index (χ0n) is 28.1. The van der Waals surface area contributed by atoms with Crippen LogP contribution in [0.25, 0.3) is 0 Å². The maximum atomic E-state index is 11.1. The Morgan fingerprint density at radius 3 is 1.63 bits per heavy atom. The molecule has 2 saturated heterocycles. The Kier molecular flexibility index (Phi) is 12.0. The number of nitrogens with zero attached hydrogens (tertiary/aromatic N) is 5. The van der Waals surface area contributed by atoms with E-state index in [4.69, 9.17) is 0 Å². The van der Waals surface area contributed by atoms with Gasteiger partial charge in [-0.1, -0.05) is 78.9 Å². The molecule has 2 fully saturated rings. The third-order valence-corrected chi connectivity index (χ3v) is 10.0. The maximum absolute atomic E-state index is 11.1. The molecule has 256 valence electrons. The van der Waals surface area contributed by atoms with Crippen LogP contribution in [0, 0.1) is 0 Å². The van der Waals surface area contributed by atoms with Gasteiger partial charge in [0.2, 0.25) is 0 Å². The number of hydrogen-bond acceptors (Lipinski definition) is 8. The van der Waals surface area contributed by atoms with Crippen LogP contribution >= 0.6 is 15.9 Å². The Bertz CT molecular complexity index is 1680. The Hall–Kier alpha value is -3.73. The van der Waals surface area contributed by atoms with Gasteiger partial charge in [-0.15, -0.1) is 0 Å². The van der Waals surface area contributed by atoms with Crippen molar-refractivity contribution in [3.63, 3.8) is 0 Å². The van der Waals surface area contributed by atoms with Gasteiger partial charge in [0.25, 0.3) is 0 Å². The molecule has 7 rings (SSSR count). The average molecular weight is 724 g/mol. The lowest BCUT2D eigenvalue weighted by Crippen LogP contribution is -2.45. The van der Waals surface area contributed by atoms with Gasteiger partial charge in [-0.25, -0.2) is 9.97 Å². The van der Waals surface area contributed by atoms with Crippen LogP contribution in [0.3, 0.4) is 0 Å². The van der Waals surface area contributed by atoms with Gasteiger partial charge < -0.3 is 15.5 Å². The number of piperidine rings is 2. The molecule has 0 saturated carbocycles. The number of likely N-dealkylation sites (tertiary alicyclic amines) is 2. The molecule has 0 unspecified atom stereocenters. The average Bonchev–Trinajstić information content (AvgIpc) is 3.62. The largest absolute Gasteiger partial charge is 0.389 e. The first-order chi connectivity index (χ1) is 23.8. The van der Waals surface area contributed by atoms with Crippen molar-refractivity contribution in [1.82, 2.24) is 19.8 Å². The number of benzene rings is 2. The molecule has 0 aliphatic carbocycles. The van der Waals surface area contributed by atoms with E-state index in [-0.39, 0.29) is 0 Å². The molecule has 0 spiro atoms. The van der Waals surface area contributed by atoms with Crippen LogP contribution < -0.4 is 5.32 Å². The molecular weight excluding hydrogens is 676 g/mol. The molecule has 4 aromatic rings. The Labute approximate surface area is 298 Å². The normalized spacial score (nSPS) is 18.7.